The molecule has 0 saturated heterocycles. The van der Waals surface area contributed by atoms with Crippen molar-refractivity contribution in [2.75, 3.05) is 0 Å². The van der Waals surface area contributed by atoms with Crippen LogP contribution in [0.2, 0.25) is 0 Å². The largest absolute Gasteiger partial charge is 0.321 e. The van der Waals surface area contributed by atoms with Crippen molar-refractivity contribution in [1.29, 1.82) is 0 Å². The summed E-state index contributed by atoms with van der Waals surface area (Å²) in [7, 11) is 0. The van der Waals surface area contributed by atoms with Gasteiger partial charge in [0.05, 0.1) is 0 Å². The third-order valence-electron chi connectivity index (χ3n) is 2.29. The van der Waals surface area contributed by atoms with Crippen LogP contribution < -0.4 is 5.73 Å². The fraction of sp³-hybridized carbons (Fsp3) is 0.333. The van der Waals surface area contributed by atoms with Crippen LogP contribution in [-0.2, 0) is 5.54 Å². The van der Waals surface area contributed by atoms with Crippen molar-refractivity contribution in [2.45, 2.75) is 18.4 Å². The van der Waals surface area contributed by atoms with Gasteiger partial charge in [0.25, 0.3) is 0 Å². The van der Waals surface area contributed by atoms with Crippen molar-refractivity contribution in [1.82, 2.24) is 0 Å². The van der Waals surface area contributed by atoms with E-state index in [1.54, 1.807) is 0 Å². The van der Waals surface area contributed by atoms with Crippen molar-refractivity contribution in [3.63, 3.8) is 0 Å². The lowest BCUT2D eigenvalue weighted by atomic mass is 10.0. The maximum absolute atomic E-state index is 13.1. The number of halogens is 3. The summed E-state index contributed by atoms with van der Waals surface area (Å²) in [5.74, 6) is -2.70. The predicted molar refractivity (Wildman–Crippen MR) is 41.4 cm³/mol. The monoisotopic (exact) mass is 187 g/mol. The highest BCUT2D eigenvalue weighted by molar-refractivity contribution is 5.32. The van der Waals surface area contributed by atoms with Gasteiger partial charge in [-0.3, -0.25) is 0 Å². The summed E-state index contributed by atoms with van der Waals surface area (Å²) in [6.45, 7) is 0. The quantitative estimate of drug-likeness (QED) is 0.715. The summed E-state index contributed by atoms with van der Waals surface area (Å²) in [5, 5.41) is 0. The van der Waals surface area contributed by atoms with Gasteiger partial charge in [-0.25, -0.2) is 13.2 Å². The van der Waals surface area contributed by atoms with E-state index in [1.165, 1.54) is 0 Å². The van der Waals surface area contributed by atoms with Crippen molar-refractivity contribution in [3.05, 3.63) is 35.1 Å². The summed E-state index contributed by atoms with van der Waals surface area (Å²) in [5.41, 5.74) is 4.53. The second-order valence-electron chi connectivity index (χ2n) is 3.40. The lowest BCUT2D eigenvalue weighted by molar-refractivity contribution is 0.498. The van der Waals surface area contributed by atoms with E-state index in [2.05, 4.69) is 0 Å². The Labute approximate surface area is 73.4 Å². The molecule has 1 fully saturated rings. The van der Waals surface area contributed by atoms with E-state index < -0.39 is 23.0 Å². The molecule has 1 aromatic carbocycles. The molecule has 1 aromatic rings. The van der Waals surface area contributed by atoms with Gasteiger partial charge < -0.3 is 5.73 Å². The highest BCUT2D eigenvalue weighted by Gasteiger charge is 2.44. The van der Waals surface area contributed by atoms with Gasteiger partial charge in [0.1, 0.15) is 17.5 Å². The van der Waals surface area contributed by atoms with Crippen molar-refractivity contribution in [2.24, 2.45) is 5.73 Å². The van der Waals surface area contributed by atoms with Gasteiger partial charge in [0.15, 0.2) is 0 Å². The molecule has 0 spiro atoms. The summed E-state index contributed by atoms with van der Waals surface area (Å²) in [6, 6.07) is 1.32. The van der Waals surface area contributed by atoms with E-state index in [4.69, 9.17) is 5.73 Å². The summed E-state index contributed by atoms with van der Waals surface area (Å²) in [6.07, 6.45) is 1.10. The van der Waals surface area contributed by atoms with Crippen LogP contribution in [0.5, 0.6) is 0 Å². The van der Waals surface area contributed by atoms with E-state index >= 15 is 0 Å². The Morgan fingerprint density at radius 3 is 1.92 bits per heavy atom. The Morgan fingerprint density at radius 2 is 1.54 bits per heavy atom. The molecular weight excluding hydrogens is 179 g/mol. The molecule has 0 amide bonds. The van der Waals surface area contributed by atoms with Crippen LogP contribution in [0.4, 0.5) is 13.2 Å². The summed E-state index contributed by atoms with van der Waals surface area (Å²) < 4.78 is 38.7. The van der Waals surface area contributed by atoms with Crippen LogP contribution >= 0.6 is 0 Å². The fourth-order valence-corrected chi connectivity index (χ4v) is 1.40. The van der Waals surface area contributed by atoms with Crippen molar-refractivity contribution >= 4 is 0 Å². The van der Waals surface area contributed by atoms with Crippen molar-refractivity contribution in [3.8, 4) is 0 Å². The molecule has 0 atom stereocenters. The van der Waals surface area contributed by atoms with Crippen molar-refractivity contribution < 1.29 is 13.2 Å². The Bertz CT molecular complexity index is 335. The van der Waals surface area contributed by atoms with Gasteiger partial charge in [-0.2, -0.15) is 0 Å². The first-order chi connectivity index (χ1) is 6.03. The molecular formula is C9H8F3N. The molecule has 0 radical (unpaired) electrons. The normalized spacial score (nSPS) is 18.8. The molecule has 70 valence electrons. The van der Waals surface area contributed by atoms with Crippen LogP contribution in [0.3, 0.4) is 0 Å². The Kier molecular flexibility index (Phi) is 1.63. The van der Waals surface area contributed by atoms with Crippen LogP contribution in [0.25, 0.3) is 0 Å². The van der Waals surface area contributed by atoms with E-state index in [0.29, 0.717) is 25.0 Å². The lowest BCUT2D eigenvalue weighted by Crippen LogP contribution is -2.22. The van der Waals surface area contributed by atoms with E-state index in [1.807, 2.05) is 0 Å². The molecule has 2 rings (SSSR count). The molecule has 4 heteroatoms. The van der Waals surface area contributed by atoms with Gasteiger partial charge in [0.2, 0.25) is 0 Å². The van der Waals surface area contributed by atoms with Crippen LogP contribution in [0.15, 0.2) is 12.1 Å². The third kappa shape index (κ3) is 1.31. The maximum atomic E-state index is 13.1. The van der Waals surface area contributed by atoms with Gasteiger partial charge in [-0.15, -0.1) is 0 Å². The Morgan fingerprint density at radius 1 is 1.08 bits per heavy atom. The molecule has 0 aliphatic heterocycles. The highest BCUT2D eigenvalue weighted by Crippen LogP contribution is 2.44. The average molecular weight is 187 g/mol. The van der Waals surface area contributed by atoms with E-state index in [0.717, 1.165) is 0 Å². The molecule has 0 bridgehead atoms. The third-order valence-corrected chi connectivity index (χ3v) is 2.29. The summed E-state index contributed by atoms with van der Waals surface area (Å²) >= 11 is 0. The molecule has 1 nitrogen and oxygen atoms in total. The zero-order valence-electron chi connectivity index (χ0n) is 6.78. The molecule has 0 aromatic heterocycles. The Balaban J connectivity index is 2.57. The SMILES string of the molecule is NC1(c2c(F)cc(F)cc2F)CC1. The van der Waals surface area contributed by atoms with Crippen LogP contribution in [-0.4, -0.2) is 0 Å². The molecule has 0 unspecified atom stereocenters. The maximum Gasteiger partial charge on any atom is 0.134 e. The lowest BCUT2D eigenvalue weighted by Gasteiger charge is -2.11. The smallest absolute Gasteiger partial charge is 0.134 e. The molecule has 1 aliphatic carbocycles. The predicted octanol–water partition coefficient (Wildman–Crippen LogP) is 2.05. The molecule has 1 saturated carbocycles. The van der Waals surface area contributed by atoms with Gasteiger partial charge in [-0.1, -0.05) is 0 Å². The first-order valence-electron chi connectivity index (χ1n) is 3.97. The fourth-order valence-electron chi connectivity index (χ4n) is 1.40. The minimum atomic E-state index is -0.914. The molecule has 13 heavy (non-hydrogen) atoms. The van der Waals surface area contributed by atoms with Gasteiger partial charge in [0, 0.05) is 23.2 Å². The number of benzene rings is 1. The minimum absolute atomic E-state index is 0.186. The zero-order valence-corrected chi connectivity index (χ0v) is 6.78. The zero-order chi connectivity index (χ0) is 9.64. The molecule has 1 aliphatic rings. The van der Waals surface area contributed by atoms with Gasteiger partial charge in [-0.05, 0) is 12.8 Å². The summed E-state index contributed by atoms with van der Waals surface area (Å²) in [4.78, 5) is 0. The molecule has 2 N–H and O–H groups in total. The topological polar surface area (TPSA) is 26.0 Å². The average Bonchev–Trinajstić information content (AvgIpc) is 2.65. The number of hydrogen-bond acceptors (Lipinski definition) is 1. The minimum Gasteiger partial charge on any atom is -0.321 e. The van der Waals surface area contributed by atoms with Crippen LogP contribution in [0, 0.1) is 17.5 Å². The van der Waals surface area contributed by atoms with E-state index in [-0.39, 0.29) is 5.56 Å². The van der Waals surface area contributed by atoms with Gasteiger partial charge >= 0.3 is 0 Å². The number of hydrogen-bond donors (Lipinski definition) is 1. The standard InChI is InChI=1S/C9H8F3N/c10-5-3-6(11)8(7(12)4-5)9(13)1-2-9/h3-4H,1-2,13H2. The second-order valence-corrected chi connectivity index (χ2v) is 3.40. The molecule has 0 heterocycles. The Hall–Kier alpha value is -1.03. The second kappa shape index (κ2) is 2.48. The first-order valence-corrected chi connectivity index (χ1v) is 3.97. The number of nitrogens with two attached hydrogens (primary N) is 1. The van der Waals surface area contributed by atoms with Crippen LogP contribution in [0.1, 0.15) is 18.4 Å². The highest BCUT2D eigenvalue weighted by atomic mass is 19.1. The number of rotatable bonds is 1. The first kappa shape index (κ1) is 8.56. The van der Waals surface area contributed by atoms with E-state index in [9.17, 15) is 13.2 Å².